The van der Waals surface area contributed by atoms with Crippen molar-refractivity contribution in [2.75, 3.05) is 31.2 Å². The molecule has 1 fully saturated rings. The predicted molar refractivity (Wildman–Crippen MR) is 130 cm³/mol. The van der Waals surface area contributed by atoms with Crippen molar-refractivity contribution in [1.29, 1.82) is 0 Å². The van der Waals surface area contributed by atoms with Crippen molar-refractivity contribution in [3.8, 4) is 11.1 Å². The van der Waals surface area contributed by atoms with E-state index in [0.29, 0.717) is 23.6 Å². The summed E-state index contributed by atoms with van der Waals surface area (Å²) in [6.07, 6.45) is 0.411. The van der Waals surface area contributed by atoms with Crippen LogP contribution < -0.4 is 21.7 Å². The first-order valence-corrected chi connectivity index (χ1v) is 10.9. The lowest BCUT2D eigenvalue weighted by Gasteiger charge is -2.25. The van der Waals surface area contributed by atoms with E-state index in [9.17, 15) is 23.5 Å². The molecule has 0 bridgehead atoms. The molecule has 0 saturated carbocycles. The van der Waals surface area contributed by atoms with Gasteiger partial charge in [0.15, 0.2) is 12.4 Å². The number of benzene rings is 2. The van der Waals surface area contributed by atoms with Gasteiger partial charge in [-0.15, -0.1) is 0 Å². The highest BCUT2D eigenvalue weighted by molar-refractivity contribution is 5.95. The molecule has 1 saturated heterocycles. The molecule has 35 heavy (non-hydrogen) atoms. The van der Waals surface area contributed by atoms with Gasteiger partial charge in [0.1, 0.15) is 17.5 Å². The van der Waals surface area contributed by atoms with Gasteiger partial charge in [0.2, 0.25) is 0 Å². The molecule has 1 atom stereocenters. The number of pyridine rings is 1. The summed E-state index contributed by atoms with van der Waals surface area (Å²) >= 11 is 0. The SMILES string of the molecule is CNC1CNC1.Cc1cc(NC(=O)C(O)c2cc(F)cc(F)c2)ccc1-c1cnc(N)c(C=O)c1. The first kappa shape index (κ1) is 25.9. The van der Waals surface area contributed by atoms with Crippen LogP contribution in [0.25, 0.3) is 11.1 Å². The van der Waals surface area contributed by atoms with Crippen LogP contribution in [-0.4, -0.2) is 48.5 Å². The summed E-state index contributed by atoms with van der Waals surface area (Å²) in [5.74, 6) is -2.48. The molecule has 1 aromatic heterocycles. The quantitative estimate of drug-likeness (QED) is 0.341. The van der Waals surface area contributed by atoms with Crippen LogP contribution in [0.15, 0.2) is 48.7 Å². The van der Waals surface area contributed by atoms with Crippen LogP contribution in [-0.2, 0) is 4.79 Å². The number of amides is 1. The minimum Gasteiger partial charge on any atom is -0.383 e. The first-order valence-electron chi connectivity index (χ1n) is 10.9. The summed E-state index contributed by atoms with van der Waals surface area (Å²) in [6.45, 7) is 4.09. The van der Waals surface area contributed by atoms with Gasteiger partial charge in [0.05, 0.1) is 5.56 Å². The Hall–Kier alpha value is -3.73. The number of aromatic nitrogens is 1. The largest absolute Gasteiger partial charge is 0.383 e. The average Bonchev–Trinajstić information content (AvgIpc) is 2.78. The lowest BCUT2D eigenvalue weighted by molar-refractivity contribution is -0.124. The molecule has 1 aliphatic rings. The number of nitrogens with two attached hydrogens (primary N) is 1. The highest BCUT2D eigenvalue weighted by atomic mass is 19.1. The fourth-order valence-corrected chi connectivity index (χ4v) is 3.39. The van der Waals surface area contributed by atoms with E-state index in [1.807, 2.05) is 7.05 Å². The van der Waals surface area contributed by atoms with Crippen molar-refractivity contribution in [3.63, 3.8) is 0 Å². The van der Waals surface area contributed by atoms with Gasteiger partial charge in [0, 0.05) is 42.6 Å². The van der Waals surface area contributed by atoms with E-state index in [4.69, 9.17) is 5.73 Å². The number of likely N-dealkylation sites (N-methyl/N-ethyl adjacent to an activating group) is 1. The van der Waals surface area contributed by atoms with Crippen molar-refractivity contribution in [2.24, 2.45) is 0 Å². The van der Waals surface area contributed by atoms with Gasteiger partial charge in [0.25, 0.3) is 5.91 Å². The van der Waals surface area contributed by atoms with Gasteiger partial charge in [-0.1, -0.05) is 6.07 Å². The maximum absolute atomic E-state index is 13.3. The molecule has 10 heteroatoms. The summed E-state index contributed by atoms with van der Waals surface area (Å²) in [6, 6.07) is 9.75. The van der Waals surface area contributed by atoms with Crippen molar-refractivity contribution in [1.82, 2.24) is 15.6 Å². The fourth-order valence-electron chi connectivity index (χ4n) is 3.39. The van der Waals surface area contributed by atoms with Crippen LogP contribution in [0.2, 0.25) is 0 Å². The maximum atomic E-state index is 13.3. The third-order valence-corrected chi connectivity index (χ3v) is 5.52. The molecule has 6 N–H and O–H groups in total. The van der Waals surface area contributed by atoms with Gasteiger partial charge >= 0.3 is 0 Å². The van der Waals surface area contributed by atoms with E-state index >= 15 is 0 Å². The summed E-state index contributed by atoms with van der Waals surface area (Å²) < 4.78 is 26.6. The Morgan fingerprint density at radius 1 is 1.20 bits per heavy atom. The molecule has 1 amide bonds. The second kappa shape index (κ2) is 11.6. The number of aliphatic hydroxyl groups is 1. The number of carbonyl (C=O) groups excluding carboxylic acids is 2. The van der Waals surface area contributed by atoms with E-state index in [0.717, 1.165) is 42.4 Å². The summed E-state index contributed by atoms with van der Waals surface area (Å²) in [5, 5.41) is 18.9. The number of rotatable bonds is 6. The van der Waals surface area contributed by atoms with E-state index in [1.54, 1.807) is 31.2 Å². The molecule has 1 unspecified atom stereocenters. The third-order valence-electron chi connectivity index (χ3n) is 5.52. The van der Waals surface area contributed by atoms with E-state index in [2.05, 4.69) is 20.9 Å². The predicted octanol–water partition coefficient (Wildman–Crippen LogP) is 2.58. The number of halogens is 2. The number of hydrogen-bond acceptors (Lipinski definition) is 7. The Bertz CT molecular complexity index is 1190. The van der Waals surface area contributed by atoms with E-state index in [1.165, 1.54) is 6.20 Å². The highest BCUT2D eigenvalue weighted by Gasteiger charge is 2.19. The van der Waals surface area contributed by atoms with Crippen molar-refractivity contribution >= 4 is 23.7 Å². The molecule has 2 heterocycles. The molecular formula is C25H27F2N5O3. The topological polar surface area (TPSA) is 129 Å². The lowest BCUT2D eigenvalue weighted by Crippen LogP contribution is -2.54. The molecule has 3 aromatic rings. The number of aldehydes is 1. The maximum Gasteiger partial charge on any atom is 0.257 e. The Morgan fingerprint density at radius 3 is 2.40 bits per heavy atom. The standard InChI is InChI=1S/C21H17F2N3O3.C4H10N2/c1-11-4-17(2-3-18(11)13-5-14(10-27)20(24)25-9-13)26-21(29)19(28)12-6-15(22)8-16(23)7-12;1-5-4-2-6-3-4/h2-10,19,28H,1H3,(H2,24,25)(H,26,29);4-6H,2-3H2,1H3. The van der Waals surface area contributed by atoms with Crippen molar-refractivity contribution < 1.29 is 23.5 Å². The Morgan fingerprint density at radius 2 is 1.89 bits per heavy atom. The first-order chi connectivity index (χ1) is 16.7. The number of hydrogen-bond donors (Lipinski definition) is 5. The molecule has 0 radical (unpaired) electrons. The fraction of sp³-hybridized carbons (Fsp3) is 0.240. The second-order valence-electron chi connectivity index (χ2n) is 8.08. The average molecular weight is 484 g/mol. The second-order valence-corrected chi connectivity index (χ2v) is 8.08. The monoisotopic (exact) mass is 483 g/mol. The molecule has 8 nitrogen and oxygen atoms in total. The Labute approximate surface area is 201 Å². The Balaban J connectivity index is 0.000000497. The van der Waals surface area contributed by atoms with Crippen LogP contribution in [0, 0.1) is 18.6 Å². The number of nitrogen functional groups attached to an aromatic ring is 1. The van der Waals surface area contributed by atoms with Gasteiger partial charge < -0.3 is 26.8 Å². The van der Waals surface area contributed by atoms with Crippen LogP contribution in [0.1, 0.15) is 27.6 Å². The molecule has 1 aliphatic heterocycles. The molecule has 2 aromatic carbocycles. The highest BCUT2D eigenvalue weighted by Crippen LogP contribution is 2.28. The normalized spacial score (nSPS) is 13.7. The van der Waals surface area contributed by atoms with Crippen LogP contribution in [0.4, 0.5) is 20.3 Å². The number of aliphatic hydroxyl groups excluding tert-OH is 1. The molecule has 0 spiro atoms. The van der Waals surface area contributed by atoms with Gasteiger partial charge in [-0.05, 0) is 61.0 Å². The number of nitrogens with zero attached hydrogens (tertiary/aromatic N) is 1. The zero-order valence-electron chi connectivity index (χ0n) is 19.3. The molecule has 0 aliphatic carbocycles. The number of anilines is 2. The molecule has 184 valence electrons. The number of carbonyl (C=O) groups is 2. The summed E-state index contributed by atoms with van der Waals surface area (Å²) in [4.78, 5) is 27.3. The summed E-state index contributed by atoms with van der Waals surface area (Å²) in [7, 11) is 1.99. The minimum atomic E-state index is -1.74. The van der Waals surface area contributed by atoms with Crippen LogP contribution in [0.3, 0.4) is 0 Å². The van der Waals surface area contributed by atoms with E-state index in [-0.39, 0.29) is 16.9 Å². The summed E-state index contributed by atoms with van der Waals surface area (Å²) in [5.41, 5.74) is 8.29. The minimum absolute atomic E-state index is 0.132. The van der Waals surface area contributed by atoms with Gasteiger partial charge in [-0.25, -0.2) is 13.8 Å². The molecular weight excluding hydrogens is 456 g/mol. The van der Waals surface area contributed by atoms with Crippen molar-refractivity contribution in [2.45, 2.75) is 19.1 Å². The number of nitrogens with one attached hydrogen (secondary N) is 3. The molecule has 4 rings (SSSR count). The van der Waals surface area contributed by atoms with Gasteiger partial charge in [-0.2, -0.15) is 0 Å². The van der Waals surface area contributed by atoms with Crippen LogP contribution >= 0.6 is 0 Å². The lowest BCUT2D eigenvalue weighted by atomic mass is 10.00. The Kier molecular flexibility index (Phi) is 8.58. The van der Waals surface area contributed by atoms with Crippen LogP contribution in [0.5, 0.6) is 0 Å². The zero-order chi connectivity index (χ0) is 25.5. The smallest absolute Gasteiger partial charge is 0.257 e. The van der Waals surface area contributed by atoms with Crippen molar-refractivity contribution in [3.05, 3.63) is 77.0 Å². The number of aryl methyl sites for hydroxylation is 1. The van der Waals surface area contributed by atoms with E-state index < -0.39 is 23.6 Å². The third kappa shape index (κ3) is 6.66. The zero-order valence-corrected chi connectivity index (χ0v) is 19.3. The van der Waals surface area contributed by atoms with Gasteiger partial charge in [-0.3, -0.25) is 9.59 Å².